The largest absolute Gasteiger partial charge is 0.488 e. The number of nitrogens with one attached hydrogen (secondary N) is 1. The Morgan fingerprint density at radius 2 is 1.80 bits per heavy atom. The van der Waals surface area contributed by atoms with Crippen LogP contribution in [0.25, 0.3) is 0 Å². The van der Waals surface area contributed by atoms with Gasteiger partial charge < -0.3 is 15.0 Å². The van der Waals surface area contributed by atoms with Crippen molar-refractivity contribution in [2.45, 2.75) is 32.8 Å². The van der Waals surface area contributed by atoms with Crippen LogP contribution in [0.4, 0.5) is 0 Å². The fourth-order valence-corrected chi connectivity index (χ4v) is 1.73. The molecule has 0 spiro atoms. The molecule has 0 saturated carbocycles. The summed E-state index contributed by atoms with van der Waals surface area (Å²) >= 11 is 0. The van der Waals surface area contributed by atoms with E-state index in [1.165, 1.54) is 0 Å². The van der Waals surface area contributed by atoms with Gasteiger partial charge in [0.05, 0.1) is 0 Å². The highest BCUT2D eigenvalue weighted by Gasteiger charge is 2.12. The summed E-state index contributed by atoms with van der Waals surface area (Å²) < 4.78 is 5.72. The molecule has 1 N–H and O–H groups in total. The van der Waals surface area contributed by atoms with Crippen molar-refractivity contribution in [3.8, 4) is 5.75 Å². The quantitative estimate of drug-likeness (QED) is 0.813. The van der Waals surface area contributed by atoms with Crippen LogP contribution in [0.2, 0.25) is 0 Å². The number of rotatable bonds is 6. The zero-order chi connectivity index (χ0) is 15.2. The second kappa shape index (κ2) is 7.29. The van der Waals surface area contributed by atoms with Gasteiger partial charge in [-0.1, -0.05) is 0 Å². The lowest BCUT2D eigenvalue weighted by Gasteiger charge is -2.21. The lowest BCUT2D eigenvalue weighted by Crippen LogP contribution is -2.27. The zero-order valence-corrected chi connectivity index (χ0v) is 13.2. The normalized spacial score (nSPS) is 11.5. The molecule has 20 heavy (non-hydrogen) atoms. The maximum Gasteiger partial charge on any atom is 0.251 e. The minimum atomic E-state index is -0.226. The Kier molecular flexibility index (Phi) is 6.02. The van der Waals surface area contributed by atoms with Crippen molar-refractivity contribution >= 4 is 5.91 Å². The third kappa shape index (κ3) is 6.57. The lowest BCUT2D eigenvalue weighted by atomic mass is 10.1. The molecule has 4 nitrogen and oxygen atoms in total. The van der Waals surface area contributed by atoms with Gasteiger partial charge in [0.1, 0.15) is 11.4 Å². The summed E-state index contributed by atoms with van der Waals surface area (Å²) in [4.78, 5) is 14.0. The van der Waals surface area contributed by atoms with Crippen molar-refractivity contribution < 1.29 is 9.53 Å². The van der Waals surface area contributed by atoms with Gasteiger partial charge in [0.25, 0.3) is 5.91 Å². The third-order valence-corrected chi connectivity index (χ3v) is 2.61. The van der Waals surface area contributed by atoms with Crippen molar-refractivity contribution in [3.05, 3.63) is 29.8 Å². The Morgan fingerprint density at radius 1 is 1.20 bits per heavy atom. The van der Waals surface area contributed by atoms with Crippen LogP contribution in [-0.2, 0) is 0 Å². The van der Waals surface area contributed by atoms with Crippen molar-refractivity contribution in [2.24, 2.45) is 0 Å². The van der Waals surface area contributed by atoms with E-state index in [-0.39, 0.29) is 11.5 Å². The van der Waals surface area contributed by atoms with Gasteiger partial charge in [-0.25, -0.2) is 0 Å². The smallest absolute Gasteiger partial charge is 0.251 e. The Balaban J connectivity index is 2.45. The van der Waals surface area contributed by atoms with E-state index in [2.05, 4.69) is 10.2 Å². The van der Waals surface area contributed by atoms with Gasteiger partial charge in [0.15, 0.2) is 0 Å². The van der Waals surface area contributed by atoms with Crippen LogP contribution in [0, 0.1) is 0 Å². The van der Waals surface area contributed by atoms with Crippen molar-refractivity contribution in [1.82, 2.24) is 10.2 Å². The molecule has 4 heteroatoms. The average Bonchev–Trinajstić information content (AvgIpc) is 2.33. The highest BCUT2D eigenvalue weighted by molar-refractivity contribution is 5.94. The van der Waals surface area contributed by atoms with Gasteiger partial charge in [-0.2, -0.15) is 0 Å². The van der Waals surface area contributed by atoms with E-state index in [9.17, 15) is 4.79 Å². The second-order valence-corrected chi connectivity index (χ2v) is 6.15. The van der Waals surface area contributed by atoms with Gasteiger partial charge in [0, 0.05) is 12.1 Å². The molecule has 112 valence electrons. The zero-order valence-electron chi connectivity index (χ0n) is 13.2. The summed E-state index contributed by atoms with van der Waals surface area (Å²) in [6, 6.07) is 7.25. The summed E-state index contributed by atoms with van der Waals surface area (Å²) in [5, 5.41) is 2.92. The molecule has 0 unspecified atom stereocenters. The number of carbonyl (C=O) groups is 1. The first-order valence-corrected chi connectivity index (χ1v) is 7.00. The van der Waals surface area contributed by atoms with Crippen molar-refractivity contribution in [3.63, 3.8) is 0 Å². The average molecular weight is 278 g/mol. The van der Waals surface area contributed by atoms with E-state index in [1.807, 2.05) is 47.0 Å². The molecule has 1 amide bonds. The van der Waals surface area contributed by atoms with Crippen LogP contribution >= 0.6 is 0 Å². The molecule has 0 bridgehead atoms. The molecule has 0 aliphatic rings. The van der Waals surface area contributed by atoms with E-state index in [0.29, 0.717) is 12.1 Å². The van der Waals surface area contributed by atoms with Crippen molar-refractivity contribution in [1.29, 1.82) is 0 Å². The Labute approximate surface area is 122 Å². The first-order valence-electron chi connectivity index (χ1n) is 7.00. The Bertz CT molecular complexity index is 419. The Hall–Kier alpha value is -1.55. The number of hydrogen-bond acceptors (Lipinski definition) is 3. The third-order valence-electron chi connectivity index (χ3n) is 2.61. The second-order valence-electron chi connectivity index (χ2n) is 6.15. The van der Waals surface area contributed by atoms with Gasteiger partial charge in [-0.05, 0) is 72.1 Å². The highest BCUT2D eigenvalue weighted by atomic mass is 16.5. The molecular formula is C16H26N2O2. The fourth-order valence-electron chi connectivity index (χ4n) is 1.73. The molecule has 0 aliphatic heterocycles. The van der Waals surface area contributed by atoms with E-state index in [4.69, 9.17) is 4.74 Å². The minimum Gasteiger partial charge on any atom is -0.488 e. The van der Waals surface area contributed by atoms with Crippen LogP contribution in [0.3, 0.4) is 0 Å². The molecule has 0 saturated heterocycles. The summed E-state index contributed by atoms with van der Waals surface area (Å²) in [5.74, 6) is 0.743. The molecule has 1 rings (SSSR count). The maximum absolute atomic E-state index is 11.9. The fraction of sp³-hybridized carbons (Fsp3) is 0.562. The Morgan fingerprint density at radius 3 is 2.30 bits per heavy atom. The summed E-state index contributed by atoms with van der Waals surface area (Å²) in [6.45, 7) is 7.66. The molecule has 0 aliphatic carbocycles. The van der Waals surface area contributed by atoms with Gasteiger partial charge >= 0.3 is 0 Å². The summed E-state index contributed by atoms with van der Waals surface area (Å²) in [6.07, 6.45) is 0.948. The minimum absolute atomic E-state index is 0.0361. The molecule has 0 atom stereocenters. The molecule has 1 aromatic carbocycles. The monoisotopic (exact) mass is 278 g/mol. The van der Waals surface area contributed by atoms with E-state index >= 15 is 0 Å². The molecule has 1 aromatic rings. The number of amides is 1. The maximum atomic E-state index is 11.9. The topological polar surface area (TPSA) is 41.6 Å². The molecule has 0 fully saturated rings. The summed E-state index contributed by atoms with van der Waals surface area (Å²) in [5.41, 5.74) is 0.437. The van der Waals surface area contributed by atoms with Gasteiger partial charge in [0.2, 0.25) is 0 Å². The van der Waals surface area contributed by atoms with Gasteiger partial charge in [-0.15, -0.1) is 0 Å². The van der Waals surface area contributed by atoms with Crippen LogP contribution in [0.1, 0.15) is 37.6 Å². The van der Waals surface area contributed by atoms with Crippen LogP contribution in [-0.4, -0.2) is 43.6 Å². The van der Waals surface area contributed by atoms with E-state index < -0.39 is 0 Å². The first kappa shape index (κ1) is 16.5. The van der Waals surface area contributed by atoms with Crippen LogP contribution < -0.4 is 10.1 Å². The molecule has 0 heterocycles. The standard InChI is InChI=1S/C16H26N2O2/c1-16(2,3)20-14-9-7-13(8-10-14)15(19)17-11-6-12-18(4)5/h7-10H,6,11-12H2,1-5H3,(H,17,19). The lowest BCUT2D eigenvalue weighted by molar-refractivity contribution is 0.0952. The number of carbonyl (C=O) groups excluding carboxylic acids is 1. The first-order chi connectivity index (χ1) is 9.28. The molecular weight excluding hydrogens is 252 g/mol. The number of benzene rings is 1. The van der Waals surface area contributed by atoms with Gasteiger partial charge in [-0.3, -0.25) is 4.79 Å². The summed E-state index contributed by atoms with van der Waals surface area (Å²) in [7, 11) is 4.05. The number of hydrogen-bond donors (Lipinski definition) is 1. The molecule has 0 radical (unpaired) electrons. The number of ether oxygens (including phenoxy) is 1. The highest BCUT2D eigenvalue weighted by Crippen LogP contribution is 2.18. The molecule has 0 aromatic heterocycles. The van der Waals surface area contributed by atoms with Crippen LogP contribution in [0.5, 0.6) is 5.75 Å². The van der Waals surface area contributed by atoms with E-state index in [1.54, 1.807) is 12.1 Å². The van der Waals surface area contributed by atoms with Crippen molar-refractivity contribution in [2.75, 3.05) is 27.2 Å². The predicted octanol–water partition coefficient (Wildman–Crippen LogP) is 2.55. The SMILES string of the molecule is CN(C)CCCNC(=O)c1ccc(OC(C)(C)C)cc1. The predicted molar refractivity (Wildman–Crippen MR) is 82.3 cm³/mol. The van der Waals surface area contributed by atoms with Crippen LogP contribution in [0.15, 0.2) is 24.3 Å². The number of nitrogens with zero attached hydrogens (tertiary/aromatic N) is 1. The van der Waals surface area contributed by atoms with E-state index in [0.717, 1.165) is 18.7 Å².